The van der Waals surface area contributed by atoms with Crippen LogP contribution in [-0.4, -0.2) is 22.6 Å². The van der Waals surface area contributed by atoms with Crippen LogP contribution in [0.5, 0.6) is 0 Å². The number of nitrogens with zero attached hydrogens (tertiary/aromatic N) is 3. The van der Waals surface area contributed by atoms with Crippen LogP contribution >= 0.6 is 0 Å². The lowest BCUT2D eigenvalue weighted by atomic mass is 10.2. The lowest BCUT2D eigenvalue weighted by molar-refractivity contribution is 0.580. The maximum absolute atomic E-state index is 12.5. The van der Waals surface area contributed by atoms with Crippen molar-refractivity contribution in [3.05, 3.63) is 66.5 Å². The monoisotopic (exact) mass is 299 g/mol. The minimum Gasteiger partial charge on any atom is -0.214 e. The van der Waals surface area contributed by atoms with E-state index in [4.69, 9.17) is 0 Å². The van der Waals surface area contributed by atoms with E-state index in [9.17, 15) is 8.42 Å². The molecule has 0 aliphatic carbocycles. The van der Waals surface area contributed by atoms with Crippen molar-refractivity contribution >= 4 is 10.0 Å². The predicted octanol–water partition coefficient (Wildman–Crippen LogP) is 2.49. The quantitative estimate of drug-likeness (QED) is 0.745. The van der Waals surface area contributed by atoms with Crippen molar-refractivity contribution in [1.82, 2.24) is 14.2 Å². The highest BCUT2D eigenvalue weighted by Gasteiger charge is 2.19. The first kappa shape index (κ1) is 13.5. The van der Waals surface area contributed by atoms with Gasteiger partial charge in [0, 0.05) is 5.56 Å². The zero-order valence-electron chi connectivity index (χ0n) is 11.3. The van der Waals surface area contributed by atoms with Crippen LogP contribution in [0.15, 0.2) is 65.8 Å². The Kier molecular flexibility index (Phi) is 3.31. The molecule has 0 saturated heterocycles. The molecule has 2 aromatic carbocycles. The molecule has 5 nitrogen and oxygen atoms in total. The van der Waals surface area contributed by atoms with Crippen LogP contribution in [0, 0.1) is 6.92 Å². The van der Waals surface area contributed by atoms with Crippen LogP contribution < -0.4 is 0 Å². The molecule has 0 fully saturated rings. The molecular weight excluding hydrogens is 286 g/mol. The molecule has 21 heavy (non-hydrogen) atoms. The van der Waals surface area contributed by atoms with Gasteiger partial charge in [0.15, 0.2) is 5.82 Å². The molecule has 106 valence electrons. The summed E-state index contributed by atoms with van der Waals surface area (Å²) in [6, 6.07) is 15.9. The van der Waals surface area contributed by atoms with Gasteiger partial charge >= 0.3 is 0 Å². The van der Waals surface area contributed by atoms with E-state index >= 15 is 0 Å². The third kappa shape index (κ3) is 2.57. The first-order valence-corrected chi connectivity index (χ1v) is 7.81. The summed E-state index contributed by atoms with van der Waals surface area (Å²) in [5.41, 5.74) is 1.77. The van der Waals surface area contributed by atoms with Gasteiger partial charge in [-0.05, 0) is 19.1 Å². The third-order valence-corrected chi connectivity index (χ3v) is 4.61. The molecule has 1 heterocycles. The van der Waals surface area contributed by atoms with Crippen molar-refractivity contribution in [3.8, 4) is 11.4 Å². The standard InChI is InChI=1S/C15H13N3O2S/c1-12-7-9-14(10-8-12)21(19,20)18-11-16-15(17-18)13-5-3-2-4-6-13/h2-11H,1H3. The average Bonchev–Trinajstić information content (AvgIpc) is 2.99. The summed E-state index contributed by atoms with van der Waals surface area (Å²) in [5.74, 6) is 0.381. The SMILES string of the molecule is Cc1ccc(S(=O)(=O)n2cnc(-c3ccccc3)n2)cc1. The summed E-state index contributed by atoms with van der Waals surface area (Å²) < 4.78 is 25.8. The molecule has 1 aromatic heterocycles. The van der Waals surface area contributed by atoms with E-state index in [1.165, 1.54) is 6.33 Å². The van der Waals surface area contributed by atoms with Gasteiger partial charge in [0.1, 0.15) is 6.33 Å². The van der Waals surface area contributed by atoms with Crippen LogP contribution in [0.25, 0.3) is 11.4 Å². The summed E-state index contributed by atoms with van der Waals surface area (Å²) in [5, 5.41) is 4.07. The third-order valence-electron chi connectivity index (χ3n) is 3.07. The van der Waals surface area contributed by atoms with Crippen LogP contribution in [-0.2, 0) is 10.0 Å². The Bertz CT molecular complexity index is 853. The predicted molar refractivity (Wildman–Crippen MR) is 79.2 cm³/mol. The van der Waals surface area contributed by atoms with Gasteiger partial charge < -0.3 is 0 Å². The van der Waals surface area contributed by atoms with Crippen molar-refractivity contribution in [1.29, 1.82) is 0 Å². The number of aromatic nitrogens is 3. The summed E-state index contributed by atoms with van der Waals surface area (Å²) in [4.78, 5) is 4.26. The second-order valence-corrected chi connectivity index (χ2v) is 6.42. The molecule has 0 unspecified atom stereocenters. The maximum Gasteiger partial charge on any atom is 0.284 e. The average molecular weight is 299 g/mol. The van der Waals surface area contributed by atoms with Gasteiger partial charge in [-0.15, -0.1) is 9.19 Å². The van der Waals surface area contributed by atoms with Crippen molar-refractivity contribution < 1.29 is 8.42 Å². The highest BCUT2D eigenvalue weighted by molar-refractivity contribution is 7.89. The molecule has 0 N–H and O–H groups in total. The molecule has 0 bridgehead atoms. The van der Waals surface area contributed by atoms with Crippen LogP contribution in [0.1, 0.15) is 5.56 Å². The first-order chi connectivity index (χ1) is 10.1. The lowest BCUT2D eigenvalue weighted by Crippen LogP contribution is -2.13. The van der Waals surface area contributed by atoms with E-state index in [1.54, 1.807) is 24.3 Å². The molecule has 0 spiro atoms. The molecule has 3 aromatic rings. The first-order valence-electron chi connectivity index (χ1n) is 6.37. The van der Waals surface area contributed by atoms with Crippen LogP contribution in [0.4, 0.5) is 0 Å². The molecule has 0 aliphatic rings. The topological polar surface area (TPSA) is 64.8 Å². The Balaban J connectivity index is 2.01. The fourth-order valence-corrected chi connectivity index (χ4v) is 2.95. The summed E-state index contributed by atoms with van der Waals surface area (Å²) in [6.45, 7) is 1.90. The molecule has 0 saturated carbocycles. The van der Waals surface area contributed by atoms with Crippen molar-refractivity contribution in [3.63, 3.8) is 0 Å². The van der Waals surface area contributed by atoms with Crippen LogP contribution in [0.2, 0.25) is 0 Å². The Hall–Kier alpha value is -2.47. The number of benzene rings is 2. The normalized spacial score (nSPS) is 11.5. The summed E-state index contributed by atoms with van der Waals surface area (Å²) >= 11 is 0. The molecule has 3 rings (SSSR count). The smallest absolute Gasteiger partial charge is 0.214 e. The highest BCUT2D eigenvalue weighted by atomic mass is 32.2. The van der Waals surface area contributed by atoms with Crippen molar-refractivity contribution in [2.45, 2.75) is 11.8 Å². The Morgan fingerprint density at radius 3 is 2.29 bits per heavy atom. The van der Waals surface area contributed by atoms with Gasteiger partial charge in [-0.25, -0.2) is 4.98 Å². The van der Waals surface area contributed by atoms with Crippen molar-refractivity contribution in [2.75, 3.05) is 0 Å². The molecule has 6 heteroatoms. The fourth-order valence-electron chi connectivity index (χ4n) is 1.90. The van der Waals surface area contributed by atoms with Gasteiger partial charge in [-0.1, -0.05) is 48.0 Å². The number of hydrogen-bond donors (Lipinski definition) is 0. The second-order valence-electron chi connectivity index (χ2n) is 4.62. The fraction of sp³-hybridized carbons (Fsp3) is 0.0667. The molecular formula is C15H13N3O2S. The van der Waals surface area contributed by atoms with E-state index in [0.29, 0.717) is 5.82 Å². The number of rotatable bonds is 3. The Morgan fingerprint density at radius 1 is 0.952 bits per heavy atom. The van der Waals surface area contributed by atoms with E-state index < -0.39 is 10.0 Å². The van der Waals surface area contributed by atoms with Gasteiger partial charge in [0.25, 0.3) is 10.0 Å². The number of hydrogen-bond acceptors (Lipinski definition) is 4. The van der Waals surface area contributed by atoms with Gasteiger partial charge in [-0.2, -0.15) is 8.42 Å². The van der Waals surface area contributed by atoms with Gasteiger partial charge in [0.2, 0.25) is 0 Å². The van der Waals surface area contributed by atoms with E-state index in [2.05, 4.69) is 10.1 Å². The molecule has 0 amide bonds. The minimum atomic E-state index is -3.70. The molecule has 0 radical (unpaired) electrons. The molecule has 0 aliphatic heterocycles. The number of aryl methyl sites for hydroxylation is 1. The van der Waals surface area contributed by atoms with E-state index in [0.717, 1.165) is 15.2 Å². The zero-order valence-corrected chi connectivity index (χ0v) is 12.2. The summed E-state index contributed by atoms with van der Waals surface area (Å²) in [7, 11) is -3.70. The van der Waals surface area contributed by atoms with Gasteiger partial charge in [0.05, 0.1) is 4.90 Å². The van der Waals surface area contributed by atoms with Crippen LogP contribution in [0.3, 0.4) is 0 Å². The lowest BCUT2D eigenvalue weighted by Gasteiger charge is -2.03. The molecule has 0 atom stereocenters. The van der Waals surface area contributed by atoms with E-state index in [-0.39, 0.29) is 4.90 Å². The Morgan fingerprint density at radius 2 is 1.62 bits per heavy atom. The minimum absolute atomic E-state index is 0.192. The zero-order chi connectivity index (χ0) is 14.9. The highest BCUT2D eigenvalue weighted by Crippen LogP contribution is 2.17. The maximum atomic E-state index is 12.5. The summed E-state index contributed by atoms with van der Waals surface area (Å²) in [6.07, 6.45) is 1.22. The van der Waals surface area contributed by atoms with Gasteiger partial charge in [-0.3, -0.25) is 0 Å². The second kappa shape index (κ2) is 5.14. The Labute approximate surface area is 122 Å². The largest absolute Gasteiger partial charge is 0.284 e. The van der Waals surface area contributed by atoms with E-state index in [1.807, 2.05) is 37.3 Å². The van der Waals surface area contributed by atoms with Crippen molar-refractivity contribution in [2.24, 2.45) is 0 Å².